The number of carbonyl (C=O) groups is 1. The third-order valence-electron chi connectivity index (χ3n) is 5.06. The normalized spacial score (nSPS) is 45.2. The third kappa shape index (κ3) is 2.11. The van der Waals surface area contributed by atoms with Crippen LogP contribution < -0.4 is 5.32 Å². The van der Waals surface area contributed by atoms with Crippen LogP contribution >= 0.6 is 15.9 Å². The molecule has 4 fully saturated rings. The summed E-state index contributed by atoms with van der Waals surface area (Å²) in [5.41, 5.74) is -0.0820. The third-order valence-corrected chi connectivity index (χ3v) is 5.99. The van der Waals surface area contributed by atoms with Gasteiger partial charge in [0.05, 0.1) is 12.0 Å². The monoisotopic (exact) mass is 315 g/mol. The van der Waals surface area contributed by atoms with Gasteiger partial charge in [0, 0.05) is 18.0 Å². The van der Waals surface area contributed by atoms with Crippen LogP contribution in [-0.4, -0.2) is 30.5 Å². The molecule has 0 saturated heterocycles. The molecule has 4 heteroatoms. The first-order chi connectivity index (χ1) is 8.55. The van der Waals surface area contributed by atoms with E-state index in [1.54, 1.807) is 7.11 Å². The Balaban J connectivity index is 1.72. The van der Waals surface area contributed by atoms with Crippen molar-refractivity contribution >= 4 is 21.8 Å². The summed E-state index contributed by atoms with van der Waals surface area (Å²) in [5.74, 6) is 1.80. The number of hydrogen-bond donors (Lipinski definition) is 1. The highest BCUT2D eigenvalue weighted by atomic mass is 79.9. The molecule has 4 aliphatic carbocycles. The predicted octanol–water partition coefficient (Wildman–Crippen LogP) is 2.48. The van der Waals surface area contributed by atoms with Gasteiger partial charge in [0.2, 0.25) is 5.91 Å². The average molecular weight is 316 g/mol. The van der Waals surface area contributed by atoms with Gasteiger partial charge >= 0.3 is 0 Å². The Morgan fingerprint density at radius 3 is 2.56 bits per heavy atom. The summed E-state index contributed by atoms with van der Waals surface area (Å²) >= 11 is 3.94. The molecule has 1 N–H and O–H groups in total. The predicted molar refractivity (Wildman–Crippen MR) is 73.7 cm³/mol. The van der Waals surface area contributed by atoms with Gasteiger partial charge in [-0.05, 0) is 50.4 Å². The molecular formula is C14H22BrNO2. The van der Waals surface area contributed by atoms with Crippen LogP contribution in [-0.2, 0) is 9.53 Å². The first-order valence-electron chi connectivity index (χ1n) is 7.01. The van der Waals surface area contributed by atoms with E-state index in [1.165, 1.54) is 19.3 Å². The van der Waals surface area contributed by atoms with Crippen molar-refractivity contribution in [3.8, 4) is 0 Å². The van der Waals surface area contributed by atoms with Gasteiger partial charge in [0.1, 0.15) is 0 Å². The number of methoxy groups -OCH3 is 1. The standard InChI is InChI=1S/C14H22BrNO2/c1-18-3-2-16-12(17)13-5-10-4-11(6-13)8-14(15,7-10)9-13/h10-11H,2-9H2,1H3,(H,16,17). The molecule has 0 radical (unpaired) electrons. The van der Waals surface area contributed by atoms with E-state index in [0.29, 0.717) is 13.2 Å². The summed E-state index contributed by atoms with van der Waals surface area (Å²) in [7, 11) is 1.67. The van der Waals surface area contributed by atoms with Gasteiger partial charge in [-0.1, -0.05) is 15.9 Å². The highest BCUT2D eigenvalue weighted by Crippen LogP contribution is 2.64. The van der Waals surface area contributed by atoms with Crippen LogP contribution in [0.1, 0.15) is 38.5 Å². The number of rotatable bonds is 4. The molecule has 2 atom stereocenters. The van der Waals surface area contributed by atoms with Crippen molar-refractivity contribution in [2.45, 2.75) is 42.8 Å². The van der Waals surface area contributed by atoms with Crippen molar-refractivity contribution in [1.82, 2.24) is 5.32 Å². The highest BCUT2D eigenvalue weighted by Gasteiger charge is 2.59. The van der Waals surface area contributed by atoms with E-state index in [0.717, 1.165) is 31.1 Å². The second-order valence-corrected chi connectivity index (χ2v) is 8.32. The quantitative estimate of drug-likeness (QED) is 0.639. The maximum Gasteiger partial charge on any atom is 0.226 e. The minimum atomic E-state index is -0.0820. The first-order valence-corrected chi connectivity index (χ1v) is 7.81. The van der Waals surface area contributed by atoms with E-state index >= 15 is 0 Å². The molecule has 4 rings (SSSR count). The minimum absolute atomic E-state index is 0.0820. The molecule has 4 saturated carbocycles. The molecule has 102 valence electrons. The largest absolute Gasteiger partial charge is 0.383 e. The fourth-order valence-corrected chi connectivity index (χ4v) is 6.32. The molecule has 0 heterocycles. The minimum Gasteiger partial charge on any atom is -0.383 e. The zero-order valence-corrected chi connectivity index (χ0v) is 12.6. The Morgan fingerprint density at radius 2 is 2.00 bits per heavy atom. The molecule has 4 aliphatic rings. The number of hydrogen-bond acceptors (Lipinski definition) is 2. The summed E-state index contributed by atoms with van der Waals surface area (Å²) in [4.78, 5) is 12.5. The molecule has 4 bridgehead atoms. The number of ether oxygens (including phenoxy) is 1. The van der Waals surface area contributed by atoms with Crippen LogP contribution in [0.15, 0.2) is 0 Å². The van der Waals surface area contributed by atoms with Crippen LogP contribution in [0.25, 0.3) is 0 Å². The maximum absolute atomic E-state index is 12.5. The van der Waals surface area contributed by atoms with Crippen molar-refractivity contribution in [1.29, 1.82) is 0 Å². The van der Waals surface area contributed by atoms with Crippen molar-refractivity contribution in [3.05, 3.63) is 0 Å². The van der Waals surface area contributed by atoms with Crippen molar-refractivity contribution in [2.24, 2.45) is 17.3 Å². The summed E-state index contributed by atoms with van der Waals surface area (Å²) in [6, 6.07) is 0. The van der Waals surface area contributed by atoms with Gasteiger partial charge in [-0.25, -0.2) is 0 Å². The Kier molecular flexibility index (Phi) is 3.22. The molecule has 0 aliphatic heterocycles. The fraction of sp³-hybridized carbons (Fsp3) is 0.929. The van der Waals surface area contributed by atoms with Gasteiger partial charge < -0.3 is 10.1 Å². The van der Waals surface area contributed by atoms with E-state index in [1.807, 2.05) is 0 Å². The smallest absolute Gasteiger partial charge is 0.226 e. The van der Waals surface area contributed by atoms with Gasteiger partial charge in [0.25, 0.3) is 0 Å². The van der Waals surface area contributed by atoms with E-state index in [-0.39, 0.29) is 15.6 Å². The molecule has 2 unspecified atom stereocenters. The number of amides is 1. The maximum atomic E-state index is 12.5. The zero-order chi connectivity index (χ0) is 12.8. The SMILES string of the molecule is COCCNC(=O)C12CC3CC(CC(Br)(C3)C1)C2. The zero-order valence-electron chi connectivity index (χ0n) is 11.0. The second-order valence-electron chi connectivity index (χ2n) is 6.64. The Morgan fingerprint density at radius 1 is 1.33 bits per heavy atom. The summed E-state index contributed by atoms with van der Waals surface area (Å²) in [5, 5.41) is 3.07. The lowest BCUT2D eigenvalue weighted by Gasteiger charge is -2.59. The van der Waals surface area contributed by atoms with Crippen LogP contribution in [0.3, 0.4) is 0 Å². The molecule has 0 aromatic carbocycles. The summed E-state index contributed by atoms with van der Waals surface area (Å²) < 4.78 is 5.27. The number of halogens is 1. The van der Waals surface area contributed by atoms with Gasteiger partial charge in [0.15, 0.2) is 0 Å². The number of alkyl halides is 1. The second kappa shape index (κ2) is 4.48. The van der Waals surface area contributed by atoms with Gasteiger partial charge in [-0.2, -0.15) is 0 Å². The number of carbonyl (C=O) groups excluding carboxylic acids is 1. The lowest BCUT2D eigenvalue weighted by molar-refractivity contribution is -0.144. The Bertz CT molecular complexity index is 344. The number of nitrogens with one attached hydrogen (secondary N) is 1. The molecule has 0 aromatic heterocycles. The van der Waals surface area contributed by atoms with Gasteiger partial charge in [-0.3, -0.25) is 4.79 Å². The van der Waals surface area contributed by atoms with Crippen LogP contribution in [0.2, 0.25) is 0 Å². The van der Waals surface area contributed by atoms with Crippen molar-refractivity contribution in [3.63, 3.8) is 0 Å². The summed E-state index contributed by atoms with van der Waals surface area (Å²) in [6.45, 7) is 1.25. The molecule has 0 spiro atoms. The first kappa shape index (κ1) is 12.9. The Hall–Kier alpha value is -0.0900. The molecule has 0 aromatic rings. The van der Waals surface area contributed by atoms with E-state index in [9.17, 15) is 4.79 Å². The van der Waals surface area contributed by atoms with Gasteiger partial charge in [-0.15, -0.1) is 0 Å². The lowest BCUT2D eigenvalue weighted by Crippen LogP contribution is -2.58. The van der Waals surface area contributed by atoms with Crippen LogP contribution in [0.5, 0.6) is 0 Å². The molecular weight excluding hydrogens is 294 g/mol. The van der Waals surface area contributed by atoms with E-state index in [4.69, 9.17) is 4.74 Å². The average Bonchev–Trinajstić information content (AvgIpc) is 2.25. The fourth-order valence-electron chi connectivity index (χ4n) is 4.87. The highest BCUT2D eigenvalue weighted by molar-refractivity contribution is 9.10. The Labute approximate surface area is 117 Å². The topological polar surface area (TPSA) is 38.3 Å². The molecule has 1 amide bonds. The van der Waals surface area contributed by atoms with Crippen molar-refractivity contribution in [2.75, 3.05) is 20.3 Å². The van der Waals surface area contributed by atoms with Crippen LogP contribution in [0, 0.1) is 17.3 Å². The van der Waals surface area contributed by atoms with Crippen LogP contribution in [0.4, 0.5) is 0 Å². The molecule has 18 heavy (non-hydrogen) atoms. The molecule has 3 nitrogen and oxygen atoms in total. The van der Waals surface area contributed by atoms with E-state index in [2.05, 4.69) is 21.2 Å². The summed E-state index contributed by atoms with van der Waals surface area (Å²) in [6.07, 6.45) is 7.14. The lowest BCUT2D eigenvalue weighted by atomic mass is 9.49. The van der Waals surface area contributed by atoms with E-state index < -0.39 is 0 Å². The van der Waals surface area contributed by atoms with Crippen molar-refractivity contribution < 1.29 is 9.53 Å².